The summed E-state index contributed by atoms with van der Waals surface area (Å²) in [6.45, 7) is 6.86. The second-order valence-corrected chi connectivity index (χ2v) is 7.55. The molecule has 2 nitrogen and oxygen atoms in total. The molecule has 0 spiro atoms. The molecule has 0 amide bonds. The van der Waals surface area contributed by atoms with Gasteiger partial charge in [-0.25, -0.2) is 4.98 Å². The molecule has 2 bridgehead atoms. The lowest BCUT2D eigenvalue weighted by Gasteiger charge is -2.26. The largest absolute Gasteiger partial charge is 0.292 e. The van der Waals surface area contributed by atoms with Crippen LogP contribution in [0.1, 0.15) is 49.3 Å². The highest BCUT2D eigenvalue weighted by atomic mass is 15.1. The smallest absolute Gasteiger partial charge is 0.145 e. The van der Waals surface area contributed by atoms with Gasteiger partial charge < -0.3 is 0 Å². The van der Waals surface area contributed by atoms with E-state index in [1.165, 1.54) is 33.5 Å². The number of imidazole rings is 1. The zero-order chi connectivity index (χ0) is 17.8. The Balaban J connectivity index is 2.01. The van der Waals surface area contributed by atoms with Crippen molar-refractivity contribution in [2.45, 2.75) is 32.6 Å². The van der Waals surface area contributed by atoms with Crippen LogP contribution in [0.5, 0.6) is 0 Å². The molecule has 128 valence electrons. The number of hydrogen-bond donors (Lipinski definition) is 0. The van der Waals surface area contributed by atoms with Gasteiger partial charge in [0, 0.05) is 11.5 Å². The minimum atomic E-state index is 0.345. The van der Waals surface area contributed by atoms with Crippen LogP contribution in [0.25, 0.3) is 28.1 Å². The second kappa shape index (κ2) is 5.57. The summed E-state index contributed by atoms with van der Waals surface area (Å²) in [5, 5.41) is 0. The first kappa shape index (κ1) is 15.4. The van der Waals surface area contributed by atoms with Gasteiger partial charge in [0.05, 0.1) is 16.7 Å². The minimum absolute atomic E-state index is 0.345. The van der Waals surface area contributed by atoms with Crippen LogP contribution in [0.15, 0.2) is 66.7 Å². The zero-order valence-electron chi connectivity index (χ0n) is 15.4. The van der Waals surface area contributed by atoms with E-state index in [1.807, 2.05) is 0 Å². The summed E-state index contributed by atoms with van der Waals surface area (Å²) >= 11 is 0. The van der Waals surface area contributed by atoms with Crippen molar-refractivity contribution in [1.82, 2.24) is 9.55 Å². The van der Waals surface area contributed by atoms with Crippen LogP contribution < -0.4 is 0 Å². The SMILES string of the molecule is CC(C)c1cccc2c1-n1c(nc3ccccc31)-c1cccc(c1)C2C. The van der Waals surface area contributed by atoms with E-state index in [2.05, 4.69) is 92.1 Å². The van der Waals surface area contributed by atoms with Gasteiger partial charge in [0.2, 0.25) is 0 Å². The molecule has 1 aromatic heterocycles. The summed E-state index contributed by atoms with van der Waals surface area (Å²) in [5.41, 5.74) is 8.83. The summed E-state index contributed by atoms with van der Waals surface area (Å²) in [6, 6.07) is 24.1. The van der Waals surface area contributed by atoms with Crippen molar-refractivity contribution >= 4 is 11.0 Å². The predicted octanol–water partition coefficient (Wildman–Crippen LogP) is 6.28. The highest BCUT2D eigenvalue weighted by Crippen LogP contribution is 2.41. The summed E-state index contributed by atoms with van der Waals surface area (Å²) in [4.78, 5) is 5.02. The van der Waals surface area contributed by atoms with E-state index in [9.17, 15) is 0 Å². The van der Waals surface area contributed by atoms with Gasteiger partial charge in [-0.15, -0.1) is 0 Å². The summed E-state index contributed by atoms with van der Waals surface area (Å²) < 4.78 is 2.38. The number of nitrogens with zero attached hydrogens (tertiary/aromatic N) is 2. The average molecular weight is 338 g/mol. The molecule has 0 saturated heterocycles. The Morgan fingerprint density at radius 2 is 1.73 bits per heavy atom. The molecular formula is C24H22N2. The Morgan fingerprint density at radius 3 is 2.58 bits per heavy atom. The van der Waals surface area contributed by atoms with Crippen molar-refractivity contribution in [3.8, 4) is 17.1 Å². The number of benzene rings is 3. The fraction of sp³-hybridized carbons (Fsp3) is 0.208. The number of para-hydroxylation sites is 3. The van der Waals surface area contributed by atoms with Gasteiger partial charge in [-0.2, -0.15) is 0 Å². The average Bonchev–Trinajstić information content (AvgIpc) is 3.05. The molecule has 4 aromatic rings. The molecule has 1 aliphatic heterocycles. The molecule has 0 aliphatic carbocycles. The zero-order valence-corrected chi connectivity index (χ0v) is 15.4. The Bertz CT molecular complexity index is 1130. The molecule has 2 heterocycles. The molecule has 26 heavy (non-hydrogen) atoms. The Labute approximate surface area is 154 Å². The van der Waals surface area contributed by atoms with Crippen molar-refractivity contribution in [1.29, 1.82) is 0 Å². The normalized spacial score (nSPS) is 15.5. The summed E-state index contributed by atoms with van der Waals surface area (Å²) in [5.74, 6) is 1.83. The molecular weight excluding hydrogens is 316 g/mol. The molecule has 1 atom stereocenters. The predicted molar refractivity (Wildman–Crippen MR) is 108 cm³/mol. The molecule has 1 aliphatic rings. The Hall–Kier alpha value is -2.87. The van der Waals surface area contributed by atoms with Crippen molar-refractivity contribution < 1.29 is 0 Å². The minimum Gasteiger partial charge on any atom is -0.292 e. The van der Waals surface area contributed by atoms with Gasteiger partial charge >= 0.3 is 0 Å². The van der Waals surface area contributed by atoms with Crippen LogP contribution in [0.3, 0.4) is 0 Å². The number of rotatable bonds is 1. The van der Waals surface area contributed by atoms with Crippen LogP contribution in [0, 0.1) is 0 Å². The first-order chi connectivity index (χ1) is 12.6. The highest BCUT2D eigenvalue weighted by Gasteiger charge is 2.25. The van der Waals surface area contributed by atoms with Gasteiger partial charge in [-0.1, -0.05) is 69.3 Å². The maximum absolute atomic E-state index is 5.02. The van der Waals surface area contributed by atoms with Crippen LogP contribution in [-0.4, -0.2) is 9.55 Å². The van der Waals surface area contributed by atoms with E-state index in [-0.39, 0.29) is 0 Å². The van der Waals surface area contributed by atoms with E-state index < -0.39 is 0 Å². The molecule has 0 saturated carbocycles. The highest BCUT2D eigenvalue weighted by molar-refractivity contribution is 5.85. The van der Waals surface area contributed by atoms with Gasteiger partial charge in [-0.05, 0) is 40.8 Å². The molecule has 0 N–H and O–H groups in total. The van der Waals surface area contributed by atoms with Crippen LogP contribution in [0.4, 0.5) is 0 Å². The van der Waals surface area contributed by atoms with E-state index in [1.54, 1.807) is 0 Å². The van der Waals surface area contributed by atoms with Gasteiger partial charge in [0.15, 0.2) is 0 Å². The molecule has 1 unspecified atom stereocenters. The third-order valence-corrected chi connectivity index (χ3v) is 5.62. The topological polar surface area (TPSA) is 17.8 Å². The van der Waals surface area contributed by atoms with Crippen molar-refractivity contribution in [2.24, 2.45) is 0 Å². The lowest BCUT2D eigenvalue weighted by molar-refractivity contribution is 0.824. The van der Waals surface area contributed by atoms with E-state index >= 15 is 0 Å². The van der Waals surface area contributed by atoms with Gasteiger partial charge in [0.1, 0.15) is 5.82 Å². The molecule has 3 aromatic carbocycles. The molecule has 0 radical (unpaired) electrons. The second-order valence-electron chi connectivity index (χ2n) is 7.55. The van der Waals surface area contributed by atoms with Crippen molar-refractivity contribution in [3.63, 3.8) is 0 Å². The van der Waals surface area contributed by atoms with Gasteiger partial charge in [0.25, 0.3) is 0 Å². The fourth-order valence-corrected chi connectivity index (χ4v) is 4.23. The quantitative estimate of drug-likeness (QED) is 0.399. The van der Waals surface area contributed by atoms with Crippen molar-refractivity contribution in [3.05, 3.63) is 83.4 Å². The maximum Gasteiger partial charge on any atom is 0.145 e. The Kier molecular flexibility index (Phi) is 3.30. The van der Waals surface area contributed by atoms with E-state index in [4.69, 9.17) is 4.98 Å². The third-order valence-electron chi connectivity index (χ3n) is 5.62. The first-order valence-electron chi connectivity index (χ1n) is 9.36. The van der Waals surface area contributed by atoms with Crippen LogP contribution in [0.2, 0.25) is 0 Å². The number of fused-ring (bicyclic) bond motifs is 8. The summed E-state index contributed by atoms with van der Waals surface area (Å²) in [7, 11) is 0. The lowest BCUT2D eigenvalue weighted by atomic mass is 9.86. The fourth-order valence-electron chi connectivity index (χ4n) is 4.23. The summed E-state index contributed by atoms with van der Waals surface area (Å²) in [6.07, 6.45) is 0. The molecule has 5 rings (SSSR count). The van der Waals surface area contributed by atoms with Crippen LogP contribution >= 0.6 is 0 Å². The molecule has 0 fully saturated rings. The Morgan fingerprint density at radius 1 is 0.923 bits per heavy atom. The lowest BCUT2D eigenvalue weighted by Crippen LogP contribution is -2.12. The number of aromatic nitrogens is 2. The molecule has 2 heteroatoms. The standard InChI is InChI=1S/C24H22N2/c1-15(2)19-10-7-11-20-16(3)17-8-6-9-18(14-17)24-25-21-12-4-5-13-22(21)26(24)23(19)20/h4-16H,1-3H3. The van der Waals surface area contributed by atoms with Crippen molar-refractivity contribution in [2.75, 3.05) is 0 Å². The maximum atomic E-state index is 5.02. The monoisotopic (exact) mass is 338 g/mol. The third kappa shape index (κ3) is 2.08. The van der Waals surface area contributed by atoms with Gasteiger partial charge in [-0.3, -0.25) is 4.57 Å². The first-order valence-corrected chi connectivity index (χ1v) is 9.36. The van der Waals surface area contributed by atoms with E-state index in [0.717, 1.165) is 11.3 Å². The van der Waals surface area contributed by atoms with Crippen LogP contribution in [-0.2, 0) is 0 Å². The van der Waals surface area contributed by atoms with E-state index in [0.29, 0.717) is 11.8 Å². The number of hydrogen-bond acceptors (Lipinski definition) is 1.